The highest BCUT2D eigenvalue weighted by atomic mass is 79.9. The average molecular weight is 363 g/mol. The summed E-state index contributed by atoms with van der Waals surface area (Å²) in [5.74, 6) is 0.459. The van der Waals surface area contributed by atoms with Crippen LogP contribution in [0.3, 0.4) is 0 Å². The van der Waals surface area contributed by atoms with Crippen molar-refractivity contribution in [3.8, 4) is 0 Å². The van der Waals surface area contributed by atoms with Gasteiger partial charge in [-0.3, -0.25) is 0 Å². The Morgan fingerprint density at radius 2 is 2.25 bits per heavy atom. The first kappa shape index (κ1) is 15.9. The molecule has 0 aliphatic carbocycles. The van der Waals surface area contributed by atoms with Crippen molar-refractivity contribution < 1.29 is 13.2 Å². The summed E-state index contributed by atoms with van der Waals surface area (Å²) in [6, 6.07) is 5.04. The number of nitrogens with two attached hydrogens (primary N) is 1. The molecule has 0 amide bonds. The molecule has 5 nitrogen and oxygen atoms in total. The number of ether oxygens (including phenoxy) is 1. The summed E-state index contributed by atoms with van der Waals surface area (Å²) in [6.07, 6.45) is 1.81. The van der Waals surface area contributed by atoms with Crippen molar-refractivity contribution in [2.24, 2.45) is 11.7 Å². The van der Waals surface area contributed by atoms with Crippen molar-refractivity contribution in [3.05, 3.63) is 28.2 Å². The molecule has 1 unspecified atom stereocenters. The van der Waals surface area contributed by atoms with Crippen LogP contribution in [0.4, 0.5) is 0 Å². The number of nitrogens with one attached hydrogen (secondary N) is 1. The molecule has 1 aliphatic rings. The van der Waals surface area contributed by atoms with E-state index < -0.39 is 10.0 Å². The Balaban J connectivity index is 1.98. The molecule has 1 aliphatic heterocycles. The maximum Gasteiger partial charge on any atom is 0.241 e. The van der Waals surface area contributed by atoms with Crippen LogP contribution >= 0.6 is 15.9 Å². The minimum absolute atomic E-state index is 0.248. The zero-order valence-electron chi connectivity index (χ0n) is 11.1. The van der Waals surface area contributed by atoms with Gasteiger partial charge >= 0.3 is 0 Å². The van der Waals surface area contributed by atoms with Gasteiger partial charge in [-0.1, -0.05) is 6.07 Å². The maximum atomic E-state index is 12.2. The molecule has 112 valence electrons. The molecule has 1 heterocycles. The number of sulfonamides is 1. The molecule has 1 fully saturated rings. The SMILES string of the molecule is NCc1ccc(S(=O)(=O)NCCC2CCOC2)c(Br)c1. The molecule has 0 aromatic heterocycles. The predicted octanol–water partition coefficient (Wildman–Crippen LogP) is 1.61. The Kier molecular flexibility index (Phi) is 5.57. The van der Waals surface area contributed by atoms with E-state index >= 15 is 0 Å². The highest BCUT2D eigenvalue weighted by Gasteiger charge is 2.20. The normalized spacial score (nSPS) is 19.4. The fourth-order valence-electron chi connectivity index (χ4n) is 2.18. The lowest BCUT2D eigenvalue weighted by molar-refractivity contribution is 0.184. The third-order valence-electron chi connectivity index (χ3n) is 3.39. The largest absolute Gasteiger partial charge is 0.381 e. The van der Waals surface area contributed by atoms with Crippen molar-refractivity contribution >= 4 is 26.0 Å². The first-order valence-electron chi connectivity index (χ1n) is 6.59. The van der Waals surface area contributed by atoms with Crippen molar-refractivity contribution in [3.63, 3.8) is 0 Å². The third-order valence-corrected chi connectivity index (χ3v) is 5.83. The molecular formula is C13H19BrN2O3S. The monoisotopic (exact) mass is 362 g/mol. The van der Waals surface area contributed by atoms with Crippen LogP contribution in [0, 0.1) is 5.92 Å². The fourth-order valence-corrected chi connectivity index (χ4v) is 4.35. The van der Waals surface area contributed by atoms with Gasteiger partial charge in [0.15, 0.2) is 0 Å². The lowest BCUT2D eigenvalue weighted by Crippen LogP contribution is -2.26. The van der Waals surface area contributed by atoms with Crippen LogP contribution < -0.4 is 10.5 Å². The van der Waals surface area contributed by atoms with E-state index in [1.165, 1.54) is 0 Å². The number of hydrogen-bond donors (Lipinski definition) is 2. The minimum atomic E-state index is -3.49. The molecule has 1 saturated heterocycles. The molecule has 20 heavy (non-hydrogen) atoms. The van der Waals surface area contributed by atoms with Gasteiger partial charge < -0.3 is 10.5 Å². The first-order valence-corrected chi connectivity index (χ1v) is 8.86. The van der Waals surface area contributed by atoms with Crippen LogP contribution in [0.15, 0.2) is 27.6 Å². The molecule has 0 radical (unpaired) electrons. The number of rotatable bonds is 6. The Morgan fingerprint density at radius 1 is 1.45 bits per heavy atom. The number of benzene rings is 1. The number of halogens is 1. The summed E-state index contributed by atoms with van der Waals surface area (Å²) in [5.41, 5.74) is 6.42. The zero-order valence-corrected chi connectivity index (χ0v) is 13.5. The standard InChI is InChI=1S/C13H19BrN2O3S/c14-12-7-11(8-15)1-2-13(12)20(17,18)16-5-3-10-4-6-19-9-10/h1-2,7,10,16H,3-6,8-9,15H2. The molecular weight excluding hydrogens is 344 g/mol. The van der Waals surface area contributed by atoms with Crippen molar-refractivity contribution in [1.82, 2.24) is 4.72 Å². The predicted molar refractivity (Wildman–Crippen MR) is 80.8 cm³/mol. The molecule has 3 N–H and O–H groups in total. The van der Waals surface area contributed by atoms with Gasteiger partial charge in [0.05, 0.1) is 4.90 Å². The van der Waals surface area contributed by atoms with E-state index in [1.807, 2.05) is 0 Å². The van der Waals surface area contributed by atoms with E-state index in [0.717, 1.165) is 31.6 Å². The summed E-state index contributed by atoms with van der Waals surface area (Å²) in [4.78, 5) is 0.248. The average Bonchev–Trinajstić information content (AvgIpc) is 2.91. The van der Waals surface area contributed by atoms with Gasteiger partial charge in [-0.15, -0.1) is 0 Å². The van der Waals surface area contributed by atoms with Gasteiger partial charge in [0.2, 0.25) is 10.0 Å². The van der Waals surface area contributed by atoms with Gasteiger partial charge in [0, 0.05) is 30.8 Å². The van der Waals surface area contributed by atoms with Crippen molar-refractivity contribution in [2.45, 2.75) is 24.3 Å². The van der Waals surface area contributed by atoms with Gasteiger partial charge in [-0.05, 0) is 52.4 Å². The Hall–Kier alpha value is -0.470. The quantitative estimate of drug-likeness (QED) is 0.805. The molecule has 2 rings (SSSR count). The fraction of sp³-hybridized carbons (Fsp3) is 0.538. The Morgan fingerprint density at radius 3 is 2.85 bits per heavy atom. The highest BCUT2D eigenvalue weighted by Crippen LogP contribution is 2.23. The first-order chi connectivity index (χ1) is 9.53. The van der Waals surface area contributed by atoms with Crippen LogP contribution in [0.1, 0.15) is 18.4 Å². The second-order valence-electron chi connectivity index (χ2n) is 4.88. The van der Waals surface area contributed by atoms with Gasteiger partial charge in [-0.25, -0.2) is 13.1 Å². The van der Waals surface area contributed by atoms with E-state index in [4.69, 9.17) is 10.5 Å². The zero-order chi connectivity index (χ0) is 14.6. The van der Waals surface area contributed by atoms with E-state index in [2.05, 4.69) is 20.7 Å². The third kappa shape index (κ3) is 4.02. The summed E-state index contributed by atoms with van der Waals surface area (Å²) in [6.45, 7) is 2.33. The van der Waals surface area contributed by atoms with E-state index in [1.54, 1.807) is 18.2 Å². The summed E-state index contributed by atoms with van der Waals surface area (Å²) < 4.78 is 32.9. The maximum absolute atomic E-state index is 12.2. The lowest BCUT2D eigenvalue weighted by atomic mass is 10.1. The summed E-state index contributed by atoms with van der Waals surface area (Å²) in [5, 5.41) is 0. The van der Waals surface area contributed by atoms with Crippen LogP contribution in [0.2, 0.25) is 0 Å². The van der Waals surface area contributed by atoms with Gasteiger partial charge in [-0.2, -0.15) is 0 Å². The van der Waals surface area contributed by atoms with Crippen molar-refractivity contribution in [2.75, 3.05) is 19.8 Å². The molecule has 1 atom stereocenters. The van der Waals surface area contributed by atoms with Crippen LogP contribution in [-0.2, 0) is 21.3 Å². The molecule has 1 aromatic carbocycles. The van der Waals surface area contributed by atoms with Gasteiger partial charge in [0.25, 0.3) is 0 Å². The molecule has 1 aromatic rings. The van der Waals surface area contributed by atoms with Crippen molar-refractivity contribution in [1.29, 1.82) is 0 Å². The van der Waals surface area contributed by atoms with E-state index in [0.29, 0.717) is 23.5 Å². The highest BCUT2D eigenvalue weighted by molar-refractivity contribution is 9.10. The second-order valence-corrected chi connectivity index (χ2v) is 7.47. The summed E-state index contributed by atoms with van der Waals surface area (Å²) in [7, 11) is -3.49. The smallest absolute Gasteiger partial charge is 0.241 e. The second kappa shape index (κ2) is 7.00. The van der Waals surface area contributed by atoms with Crippen LogP contribution in [0.5, 0.6) is 0 Å². The molecule has 0 spiro atoms. The molecule has 0 bridgehead atoms. The van der Waals surface area contributed by atoms with E-state index in [9.17, 15) is 8.42 Å². The minimum Gasteiger partial charge on any atom is -0.381 e. The van der Waals surface area contributed by atoms with Crippen LogP contribution in [-0.4, -0.2) is 28.2 Å². The summed E-state index contributed by atoms with van der Waals surface area (Å²) >= 11 is 3.29. The van der Waals surface area contributed by atoms with E-state index in [-0.39, 0.29) is 4.90 Å². The number of hydrogen-bond acceptors (Lipinski definition) is 4. The molecule has 7 heteroatoms. The lowest BCUT2D eigenvalue weighted by Gasteiger charge is -2.11. The topological polar surface area (TPSA) is 81.4 Å². The Bertz CT molecular complexity index is 557. The van der Waals surface area contributed by atoms with Crippen LogP contribution in [0.25, 0.3) is 0 Å². The van der Waals surface area contributed by atoms with Gasteiger partial charge in [0.1, 0.15) is 0 Å². The molecule has 0 saturated carbocycles. The Labute approximate surface area is 128 Å².